The Hall–Kier alpha value is -2.55. The molecule has 0 spiro atoms. The summed E-state index contributed by atoms with van der Waals surface area (Å²) in [5, 5.41) is 0.887. The van der Waals surface area contributed by atoms with E-state index in [1.807, 2.05) is 61.5 Å². The zero-order valence-corrected chi connectivity index (χ0v) is 11.2. The fourth-order valence-corrected chi connectivity index (χ4v) is 2.26. The second-order valence-corrected chi connectivity index (χ2v) is 4.71. The van der Waals surface area contributed by atoms with Crippen LogP contribution in [0.3, 0.4) is 0 Å². The van der Waals surface area contributed by atoms with Gasteiger partial charge in [0.15, 0.2) is 0 Å². The number of aromatic nitrogens is 1. The number of esters is 1. The van der Waals surface area contributed by atoms with Gasteiger partial charge in [0.1, 0.15) is 6.10 Å². The molecular formula is C17H15NO2. The van der Waals surface area contributed by atoms with Crippen LogP contribution in [0, 0.1) is 0 Å². The van der Waals surface area contributed by atoms with Crippen LogP contribution in [0.1, 0.15) is 28.9 Å². The second-order valence-electron chi connectivity index (χ2n) is 4.71. The van der Waals surface area contributed by atoms with Crippen LogP contribution in [0.2, 0.25) is 0 Å². The van der Waals surface area contributed by atoms with Crippen molar-refractivity contribution >= 4 is 16.9 Å². The normalized spacial score (nSPS) is 12.2. The van der Waals surface area contributed by atoms with E-state index >= 15 is 0 Å². The fourth-order valence-electron chi connectivity index (χ4n) is 2.26. The van der Waals surface area contributed by atoms with Crippen LogP contribution in [-0.2, 0) is 4.74 Å². The van der Waals surface area contributed by atoms with Gasteiger partial charge in [-0.25, -0.2) is 4.79 Å². The van der Waals surface area contributed by atoms with Gasteiger partial charge in [0.05, 0.1) is 5.56 Å². The zero-order valence-electron chi connectivity index (χ0n) is 11.2. The van der Waals surface area contributed by atoms with Gasteiger partial charge in [0, 0.05) is 17.1 Å². The van der Waals surface area contributed by atoms with Crippen molar-refractivity contribution in [2.24, 2.45) is 0 Å². The lowest BCUT2D eigenvalue weighted by Crippen LogP contribution is -2.08. The van der Waals surface area contributed by atoms with Crippen molar-refractivity contribution < 1.29 is 9.53 Å². The monoisotopic (exact) mass is 265 g/mol. The minimum atomic E-state index is -0.307. The highest BCUT2D eigenvalue weighted by atomic mass is 16.5. The molecular weight excluding hydrogens is 250 g/mol. The molecule has 0 aliphatic heterocycles. The first-order valence-corrected chi connectivity index (χ1v) is 6.58. The van der Waals surface area contributed by atoms with Crippen LogP contribution in [0.25, 0.3) is 10.9 Å². The Balaban J connectivity index is 1.83. The first-order chi connectivity index (χ1) is 9.75. The lowest BCUT2D eigenvalue weighted by atomic mass is 10.1. The van der Waals surface area contributed by atoms with Crippen LogP contribution in [0.4, 0.5) is 0 Å². The number of hydrogen-bond acceptors (Lipinski definition) is 2. The van der Waals surface area contributed by atoms with E-state index in [9.17, 15) is 4.79 Å². The number of fused-ring (bicyclic) bond motifs is 1. The van der Waals surface area contributed by atoms with Gasteiger partial charge in [-0.2, -0.15) is 0 Å². The van der Waals surface area contributed by atoms with Crippen LogP contribution < -0.4 is 0 Å². The van der Waals surface area contributed by atoms with Crippen molar-refractivity contribution in [2.45, 2.75) is 13.0 Å². The Morgan fingerprint density at radius 3 is 2.55 bits per heavy atom. The molecule has 0 fully saturated rings. The summed E-state index contributed by atoms with van der Waals surface area (Å²) in [6.45, 7) is 1.88. The molecule has 1 heterocycles. The SMILES string of the molecule is C[C@@H](OC(=O)c1c[nH]c2ccccc12)c1ccccc1. The largest absolute Gasteiger partial charge is 0.454 e. The molecule has 3 rings (SSSR count). The molecule has 0 bridgehead atoms. The maximum absolute atomic E-state index is 12.3. The maximum Gasteiger partial charge on any atom is 0.340 e. The average Bonchev–Trinajstić information content (AvgIpc) is 2.92. The molecule has 1 atom stereocenters. The molecule has 3 nitrogen and oxygen atoms in total. The summed E-state index contributed by atoms with van der Waals surface area (Å²) in [6, 6.07) is 17.4. The van der Waals surface area contributed by atoms with Gasteiger partial charge in [-0.15, -0.1) is 0 Å². The van der Waals surface area contributed by atoms with E-state index in [1.165, 1.54) is 0 Å². The summed E-state index contributed by atoms with van der Waals surface area (Å²) >= 11 is 0. The maximum atomic E-state index is 12.3. The number of carbonyl (C=O) groups excluding carboxylic acids is 1. The topological polar surface area (TPSA) is 42.1 Å². The fraction of sp³-hybridized carbons (Fsp3) is 0.118. The molecule has 0 saturated carbocycles. The van der Waals surface area contributed by atoms with Gasteiger partial charge >= 0.3 is 5.97 Å². The van der Waals surface area contributed by atoms with Crippen LogP contribution >= 0.6 is 0 Å². The number of para-hydroxylation sites is 1. The van der Waals surface area contributed by atoms with Crippen molar-refractivity contribution in [3.8, 4) is 0 Å². The molecule has 3 heteroatoms. The lowest BCUT2D eigenvalue weighted by molar-refractivity contribution is 0.0340. The van der Waals surface area contributed by atoms with Crippen molar-refractivity contribution in [2.75, 3.05) is 0 Å². The molecule has 0 saturated heterocycles. The first kappa shape index (κ1) is 12.5. The highest BCUT2D eigenvalue weighted by Crippen LogP contribution is 2.22. The van der Waals surface area contributed by atoms with E-state index in [2.05, 4.69) is 4.98 Å². The third kappa shape index (κ3) is 2.30. The van der Waals surface area contributed by atoms with Gasteiger partial charge in [-0.1, -0.05) is 48.5 Å². The van der Waals surface area contributed by atoms with E-state index in [1.54, 1.807) is 6.20 Å². The highest BCUT2D eigenvalue weighted by Gasteiger charge is 2.16. The molecule has 2 aromatic carbocycles. The predicted octanol–water partition coefficient (Wildman–Crippen LogP) is 4.09. The molecule has 0 aliphatic rings. The Kier molecular flexibility index (Phi) is 3.25. The molecule has 1 N–H and O–H groups in total. The van der Waals surface area contributed by atoms with E-state index in [4.69, 9.17) is 4.74 Å². The summed E-state index contributed by atoms with van der Waals surface area (Å²) in [5.74, 6) is -0.307. The van der Waals surface area contributed by atoms with Crippen LogP contribution in [-0.4, -0.2) is 11.0 Å². The van der Waals surface area contributed by atoms with Crippen molar-refractivity contribution in [1.82, 2.24) is 4.98 Å². The lowest BCUT2D eigenvalue weighted by Gasteiger charge is -2.13. The average molecular weight is 265 g/mol. The first-order valence-electron chi connectivity index (χ1n) is 6.58. The van der Waals surface area contributed by atoms with Crippen molar-refractivity contribution in [3.63, 3.8) is 0 Å². The standard InChI is InChI=1S/C17H15NO2/c1-12(13-7-3-2-4-8-13)20-17(19)15-11-18-16-10-6-5-9-14(15)16/h2-12,18H,1H3/t12-/m1/s1. The van der Waals surface area contributed by atoms with Gasteiger partial charge in [-0.3, -0.25) is 0 Å². The second kappa shape index (κ2) is 5.21. The zero-order chi connectivity index (χ0) is 13.9. The van der Waals surface area contributed by atoms with Gasteiger partial charge in [0.2, 0.25) is 0 Å². The Labute approximate surface area is 117 Å². The summed E-state index contributed by atoms with van der Waals surface area (Å²) in [7, 11) is 0. The molecule has 1 aromatic heterocycles. The van der Waals surface area contributed by atoms with Crippen molar-refractivity contribution in [1.29, 1.82) is 0 Å². The number of carbonyl (C=O) groups is 1. The Morgan fingerprint density at radius 1 is 1.05 bits per heavy atom. The van der Waals surface area contributed by atoms with E-state index in [0.29, 0.717) is 5.56 Å². The smallest absolute Gasteiger partial charge is 0.340 e. The van der Waals surface area contributed by atoms with Gasteiger partial charge in [-0.05, 0) is 18.6 Å². The minimum Gasteiger partial charge on any atom is -0.454 e. The number of aromatic amines is 1. The quantitative estimate of drug-likeness (QED) is 0.725. The summed E-state index contributed by atoms with van der Waals surface area (Å²) in [5.41, 5.74) is 2.50. The Morgan fingerprint density at radius 2 is 1.75 bits per heavy atom. The molecule has 0 unspecified atom stereocenters. The molecule has 0 aliphatic carbocycles. The molecule has 100 valence electrons. The summed E-state index contributed by atoms with van der Waals surface area (Å²) in [6.07, 6.45) is 1.43. The molecule has 20 heavy (non-hydrogen) atoms. The molecule has 0 amide bonds. The summed E-state index contributed by atoms with van der Waals surface area (Å²) < 4.78 is 5.53. The van der Waals surface area contributed by atoms with E-state index < -0.39 is 0 Å². The van der Waals surface area contributed by atoms with Crippen LogP contribution in [0.15, 0.2) is 60.8 Å². The predicted molar refractivity (Wildman–Crippen MR) is 78.6 cm³/mol. The van der Waals surface area contributed by atoms with Crippen LogP contribution in [0.5, 0.6) is 0 Å². The van der Waals surface area contributed by atoms with Crippen molar-refractivity contribution in [3.05, 3.63) is 71.9 Å². The van der Waals surface area contributed by atoms with Gasteiger partial charge < -0.3 is 9.72 Å². The third-order valence-corrected chi connectivity index (χ3v) is 3.36. The number of H-pyrrole nitrogens is 1. The highest BCUT2D eigenvalue weighted by molar-refractivity contribution is 6.04. The summed E-state index contributed by atoms with van der Waals surface area (Å²) in [4.78, 5) is 15.3. The Bertz CT molecular complexity index is 731. The van der Waals surface area contributed by atoms with E-state index in [-0.39, 0.29) is 12.1 Å². The van der Waals surface area contributed by atoms with E-state index in [0.717, 1.165) is 16.5 Å². The number of rotatable bonds is 3. The van der Waals surface area contributed by atoms with Gasteiger partial charge in [0.25, 0.3) is 0 Å². The molecule has 0 radical (unpaired) electrons. The third-order valence-electron chi connectivity index (χ3n) is 3.36. The number of benzene rings is 2. The number of nitrogens with one attached hydrogen (secondary N) is 1. The molecule has 3 aromatic rings. The number of ether oxygens (including phenoxy) is 1. The minimum absolute atomic E-state index is 0.266. The number of hydrogen-bond donors (Lipinski definition) is 1.